The molecular formula is C14H20FNO. The molecule has 1 saturated heterocycles. The van der Waals surface area contributed by atoms with E-state index in [0.29, 0.717) is 23.8 Å². The van der Waals surface area contributed by atoms with Crippen molar-refractivity contribution in [1.29, 1.82) is 0 Å². The van der Waals surface area contributed by atoms with Gasteiger partial charge in [-0.2, -0.15) is 0 Å². The molecule has 1 atom stereocenters. The predicted octanol–water partition coefficient (Wildman–Crippen LogP) is 3.07. The van der Waals surface area contributed by atoms with Crippen LogP contribution in [0, 0.1) is 11.7 Å². The molecule has 17 heavy (non-hydrogen) atoms. The molecule has 1 aromatic rings. The van der Waals surface area contributed by atoms with Gasteiger partial charge in [0.2, 0.25) is 0 Å². The number of benzene rings is 1. The fourth-order valence-electron chi connectivity index (χ4n) is 2.54. The summed E-state index contributed by atoms with van der Waals surface area (Å²) in [7, 11) is 1.59. The second-order valence-electron chi connectivity index (χ2n) is 4.90. The highest BCUT2D eigenvalue weighted by molar-refractivity contribution is 5.34. The lowest BCUT2D eigenvalue weighted by molar-refractivity contribution is 0.173. The lowest BCUT2D eigenvalue weighted by Crippen LogP contribution is -2.34. The third-order valence-electron chi connectivity index (χ3n) is 3.42. The minimum Gasteiger partial charge on any atom is -0.496 e. The van der Waals surface area contributed by atoms with Gasteiger partial charge in [0.1, 0.15) is 11.6 Å². The summed E-state index contributed by atoms with van der Waals surface area (Å²) in [5, 5.41) is 0. The lowest BCUT2D eigenvalue weighted by Gasteiger charge is -2.31. The first-order valence-electron chi connectivity index (χ1n) is 6.24. The number of hydrogen-bond donors (Lipinski definition) is 0. The van der Waals surface area contributed by atoms with Crippen LogP contribution < -0.4 is 4.74 Å². The van der Waals surface area contributed by atoms with Crippen molar-refractivity contribution in [3.05, 3.63) is 29.6 Å². The van der Waals surface area contributed by atoms with Crippen molar-refractivity contribution >= 4 is 0 Å². The quantitative estimate of drug-likeness (QED) is 0.801. The molecule has 0 radical (unpaired) electrons. The Hall–Kier alpha value is -1.09. The number of piperidine rings is 1. The minimum atomic E-state index is -0.164. The molecule has 1 aromatic carbocycles. The first-order valence-corrected chi connectivity index (χ1v) is 6.24. The summed E-state index contributed by atoms with van der Waals surface area (Å²) >= 11 is 0. The molecule has 0 amide bonds. The van der Waals surface area contributed by atoms with Gasteiger partial charge in [-0.05, 0) is 37.4 Å². The van der Waals surface area contributed by atoms with E-state index in [2.05, 4.69) is 11.8 Å². The van der Waals surface area contributed by atoms with Gasteiger partial charge < -0.3 is 4.74 Å². The van der Waals surface area contributed by atoms with Crippen molar-refractivity contribution in [2.45, 2.75) is 26.3 Å². The summed E-state index contributed by atoms with van der Waals surface area (Å²) in [5.74, 6) is 1.20. The van der Waals surface area contributed by atoms with Crippen molar-refractivity contribution in [1.82, 2.24) is 4.90 Å². The average molecular weight is 237 g/mol. The van der Waals surface area contributed by atoms with Crippen LogP contribution in [0.4, 0.5) is 4.39 Å². The second-order valence-corrected chi connectivity index (χ2v) is 4.90. The number of rotatable bonds is 3. The van der Waals surface area contributed by atoms with Crippen LogP contribution in [-0.2, 0) is 6.54 Å². The average Bonchev–Trinajstić information content (AvgIpc) is 2.32. The topological polar surface area (TPSA) is 12.5 Å². The predicted molar refractivity (Wildman–Crippen MR) is 66.6 cm³/mol. The van der Waals surface area contributed by atoms with Gasteiger partial charge in [0, 0.05) is 18.7 Å². The number of ether oxygens (including phenoxy) is 1. The molecule has 3 heteroatoms. The van der Waals surface area contributed by atoms with E-state index in [9.17, 15) is 4.39 Å². The Morgan fingerprint density at radius 1 is 1.47 bits per heavy atom. The first kappa shape index (κ1) is 12.4. The highest BCUT2D eigenvalue weighted by Gasteiger charge is 2.19. The van der Waals surface area contributed by atoms with Crippen molar-refractivity contribution < 1.29 is 9.13 Å². The zero-order valence-electron chi connectivity index (χ0n) is 10.6. The summed E-state index contributed by atoms with van der Waals surface area (Å²) in [6.45, 7) is 5.02. The van der Waals surface area contributed by atoms with Crippen LogP contribution in [0.2, 0.25) is 0 Å². The molecule has 0 bridgehead atoms. The standard InChI is InChI=1S/C14H20FNO/c1-11-5-4-8-16(9-11)10-12-13(15)6-3-7-14(12)17-2/h3,6-7,11H,4-5,8-10H2,1-2H3. The second kappa shape index (κ2) is 5.50. The number of halogens is 1. The van der Waals surface area contributed by atoms with Gasteiger partial charge >= 0.3 is 0 Å². The maximum absolute atomic E-state index is 13.8. The maximum atomic E-state index is 13.8. The molecule has 2 nitrogen and oxygen atoms in total. The molecule has 1 aliphatic rings. The van der Waals surface area contributed by atoms with Crippen LogP contribution in [0.5, 0.6) is 5.75 Å². The monoisotopic (exact) mass is 237 g/mol. The Kier molecular flexibility index (Phi) is 4.00. The summed E-state index contributed by atoms with van der Waals surface area (Å²) in [4.78, 5) is 2.31. The SMILES string of the molecule is COc1cccc(F)c1CN1CCCC(C)C1. The van der Waals surface area contributed by atoms with Crippen LogP contribution in [0.3, 0.4) is 0 Å². The molecule has 94 valence electrons. The smallest absolute Gasteiger partial charge is 0.131 e. The highest BCUT2D eigenvalue weighted by Crippen LogP contribution is 2.25. The molecule has 1 unspecified atom stereocenters. The largest absolute Gasteiger partial charge is 0.496 e. The molecule has 1 aliphatic heterocycles. The third-order valence-corrected chi connectivity index (χ3v) is 3.42. The molecule has 2 rings (SSSR count). The molecule has 0 N–H and O–H groups in total. The number of nitrogens with zero attached hydrogens (tertiary/aromatic N) is 1. The van der Waals surface area contributed by atoms with Gasteiger partial charge in [-0.25, -0.2) is 4.39 Å². The van der Waals surface area contributed by atoms with E-state index in [1.807, 2.05) is 6.07 Å². The highest BCUT2D eigenvalue weighted by atomic mass is 19.1. The number of hydrogen-bond acceptors (Lipinski definition) is 2. The van der Waals surface area contributed by atoms with Gasteiger partial charge in [0.05, 0.1) is 7.11 Å². The number of likely N-dealkylation sites (tertiary alicyclic amines) is 1. The third kappa shape index (κ3) is 2.97. The van der Waals surface area contributed by atoms with Crippen LogP contribution in [0.25, 0.3) is 0 Å². The fraction of sp³-hybridized carbons (Fsp3) is 0.571. The van der Waals surface area contributed by atoms with Crippen molar-refractivity contribution in [3.63, 3.8) is 0 Å². The zero-order chi connectivity index (χ0) is 12.3. The summed E-state index contributed by atoms with van der Waals surface area (Å²) < 4.78 is 19.0. The molecule has 0 aliphatic carbocycles. The van der Waals surface area contributed by atoms with E-state index >= 15 is 0 Å². The Bertz CT molecular complexity index is 380. The Morgan fingerprint density at radius 2 is 2.29 bits per heavy atom. The Balaban J connectivity index is 2.12. The fourth-order valence-corrected chi connectivity index (χ4v) is 2.54. The van der Waals surface area contributed by atoms with Crippen molar-refractivity contribution in [2.24, 2.45) is 5.92 Å². The molecule has 0 spiro atoms. The van der Waals surface area contributed by atoms with Gasteiger partial charge in [-0.3, -0.25) is 4.90 Å². The van der Waals surface area contributed by atoms with E-state index in [-0.39, 0.29) is 5.82 Å². The molecule has 0 saturated carbocycles. The lowest BCUT2D eigenvalue weighted by atomic mass is 9.99. The van der Waals surface area contributed by atoms with Crippen LogP contribution >= 0.6 is 0 Å². The molecular weight excluding hydrogens is 217 g/mol. The van der Waals surface area contributed by atoms with Crippen molar-refractivity contribution in [3.8, 4) is 5.75 Å². The summed E-state index contributed by atoms with van der Waals surface area (Å²) in [5.41, 5.74) is 0.684. The van der Waals surface area contributed by atoms with E-state index in [1.165, 1.54) is 18.9 Å². The molecule has 0 aromatic heterocycles. The summed E-state index contributed by atoms with van der Waals surface area (Å²) in [6, 6.07) is 5.02. The Labute approximate surface area is 102 Å². The maximum Gasteiger partial charge on any atom is 0.131 e. The van der Waals surface area contributed by atoms with Gasteiger partial charge in [-0.15, -0.1) is 0 Å². The van der Waals surface area contributed by atoms with Crippen LogP contribution in [-0.4, -0.2) is 25.1 Å². The minimum absolute atomic E-state index is 0.164. The number of methoxy groups -OCH3 is 1. The van der Waals surface area contributed by atoms with Gasteiger partial charge in [-0.1, -0.05) is 13.0 Å². The molecule has 1 heterocycles. The van der Waals surface area contributed by atoms with Gasteiger partial charge in [0.15, 0.2) is 0 Å². The van der Waals surface area contributed by atoms with E-state index < -0.39 is 0 Å². The van der Waals surface area contributed by atoms with E-state index in [1.54, 1.807) is 13.2 Å². The van der Waals surface area contributed by atoms with E-state index in [0.717, 1.165) is 13.1 Å². The zero-order valence-corrected chi connectivity index (χ0v) is 10.6. The Morgan fingerprint density at radius 3 is 3.00 bits per heavy atom. The van der Waals surface area contributed by atoms with Crippen LogP contribution in [0.1, 0.15) is 25.3 Å². The normalized spacial score (nSPS) is 21.5. The van der Waals surface area contributed by atoms with Crippen molar-refractivity contribution in [2.75, 3.05) is 20.2 Å². The first-order chi connectivity index (χ1) is 8.20. The van der Waals surface area contributed by atoms with E-state index in [4.69, 9.17) is 4.74 Å². The van der Waals surface area contributed by atoms with Gasteiger partial charge in [0.25, 0.3) is 0 Å². The van der Waals surface area contributed by atoms with Crippen LogP contribution in [0.15, 0.2) is 18.2 Å². The summed E-state index contributed by atoms with van der Waals surface area (Å²) in [6.07, 6.45) is 2.49. The molecule has 1 fully saturated rings.